The standard InChI is InChI=1S/C11H14NOS.BrH/c1-8-3-4-10-11(7-8)14-9(2)12(10)5-6-13;/h3-4,7,13H,5-6H2,1-2H3;1H/q+1;/p-1. The molecule has 0 atom stereocenters. The topological polar surface area (TPSA) is 24.1 Å². The Balaban J connectivity index is 0.00000112. The first-order chi connectivity index (χ1) is 6.72. The second-order valence-corrected chi connectivity index (χ2v) is 4.70. The second-order valence-electron chi connectivity index (χ2n) is 3.47. The summed E-state index contributed by atoms with van der Waals surface area (Å²) < 4.78 is 3.47. The van der Waals surface area contributed by atoms with Gasteiger partial charge in [0.25, 0.3) is 0 Å². The third-order valence-corrected chi connectivity index (χ3v) is 3.43. The number of aromatic nitrogens is 1. The van der Waals surface area contributed by atoms with Crippen LogP contribution in [0.5, 0.6) is 0 Å². The van der Waals surface area contributed by atoms with Crippen molar-refractivity contribution in [1.29, 1.82) is 0 Å². The van der Waals surface area contributed by atoms with E-state index >= 15 is 0 Å². The minimum atomic E-state index is 0. The number of thiazole rings is 1. The molecule has 0 unspecified atom stereocenters. The van der Waals surface area contributed by atoms with Gasteiger partial charge in [0.05, 0.1) is 0 Å². The van der Waals surface area contributed by atoms with Gasteiger partial charge >= 0.3 is 0 Å². The normalized spacial score (nSPS) is 10.3. The van der Waals surface area contributed by atoms with Gasteiger partial charge in [-0.15, -0.1) is 0 Å². The monoisotopic (exact) mass is 287 g/mol. The minimum absolute atomic E-state index is 0. The molecule has 1 heterocycles. The number of aryl methyl sites for hydroxylation is 2. The van der Waals surface area contributed by atoms with Crippen molar-refractivity contribution in [2.45, 2.75) is 20.4 Å². The summed E-state index contributed by atoms with van der Waals surface area (Å²) in [6.45, 7) is 5.08. The largest absolute Gasteiger partial charge is 1.00 e. The lowest BCUT2D eigenvalue weighted by Crippen LogP contribution is -3.00. The number of fused-ring (bicyclic) bond motifs is 1. The smallest absolute Gasteiger partial charge is 0.235 e. The fraction of sp³-hybridized carbons (Fsp3) is 0.364. The van der Waals surface area contributed by atoms with E-state index in [0.29, 0.717) is 6.54 Å². The van der Waals surface area contributed by atoms with E-state index in [1.54, 1.807) is 11.3 Å². The molecule has 1 aromatic carbocycles. The average molecular weight is 288 g/mol. The van der Waals surface area contributed by atoms with Crippen LogP contribution in [0.1, 0.15) is 10.6 Å². The zero-order chi connectivity index (χ0) is 10.1. The first-order valence-corrected chi connectivity index (χ1v) is 5.54. The number of nitrogens with zero attached hydrogens (tertiary/aromatic N) is 1. The molecule has 2 rings (SSSR count). The molecule has 1 N–H and O–H groups in total. The van der Waals surface area contributed by atoms with Crippen LogP contribution in [-0.2, 0) is 6.54 Å². The Morgan fingerprint density at radius 2 is 2.07 bits per heavy atom. The summed E-state index contributed by atoms with van der Waals surface area (Å²) in [5.74, 6) is 0. The van der Waals surface area contributed by atoms with Crippen LogP contribution in [0.2, 0.25) is 0 Å². The number of benzene rings is 1. The van der Waals surface area contributed by atoms with Gasteiger partial charge in [0, 0.05) is 13.0 Å². The van der Waals surface area contributed by atoms with Crippen LogP contribution >= 0.6 is 11.3 Å². The molecule has 0 aliphatic heterocycles. The molecular weight excluding hydrogens is 274 g/mol. The maximum absolute atomic E-state index is 8.96. The highest BCUT2D eigenvalue weighted by Crippen LogP contribution is 2.20. The Morgan fingerprint density at radius 1 is 1.33 bits per heavy atom. The summed E-state index contributed by atoms with van der Waals surface area (Å²) in [5, 5.41) is 10.2. The number of hydrogen-bond donors (Lipinski definition) is 1. The Bertz CT molecular complexity index is 467. The number of halogens is 1. The number of aliphatic hydroxyl groups excluding tert-OH is 1. The molecule has 0 spiro atoms. The van der Waals surface area contributed by atoms with E-state index in [1.165, 1.54) is 20.8 Å². The van der Waals surface area contributed by atoms with Crippen LogP contribution in [0.3, 0.4) is 0 Å². The van der Waals surface area contributed by atoms with E-state index in [9.17, 15) is 0 Å². The highest BCUT2D eigenvalue weighted by atomic mass is 79.9. The molecule has 82 valence electrons. The van der Waals surface area contributed by atoms with Gasteiger partial charge in [-0.25, -0.2) is 0 Å². The molecule has 0 saturated heterocycles. The maximum atomic E-state index is 8.96. The van der Waals surface area contributed by atoms with Crippen molar-refractivity contribution in [2.24, 2.45) is 0 Å². The van der Waals surface area contributed by atoms with Crippen LogP contribution in [-0.4, -0.2) is 11.7 Å². The highest BCUT2D eigenvalue weighted by Gasteiger charge is 2.15. The summed E-state index contributed by atoms with van der Waals surface area (Å²) >= 11 is 1.78. The molecule has 15 heavy (non-hydrogen) atoms. The van der Waals surface area contributed by atoms with E-state index in [2.05, 4.69) is 36.6 Å². The van der Waals surface area contributed by atoms with Crippen molar-refractivity contribution in [3.8, 4) is 0 Å². The Labute approximate surface area is 104 Å². The van der Waals surface area contributed by atoms with E-state index in [-0.39, 0.29) is 23.6 Å². The molecule has 0 fully saturated rings. The minimum Gasteiger partial charge on any atom is -1.00 e. The number of rotatable bonds is 2. The van der Waals surface area contributed by atoms with Crippen LogP contribution < -0.4 is 21.5 Å². The molecule has 0 aliphatic carbocycles. The van der Waals surface area contributed by atoms with Gasteiger partial charge in [-0.3, -0.25) is 0 Å². The summed E-state index contributed by atoms with van der Waals surface area (Å²) in [6.07, 6.45) is 0. The van der Waals surface area contributed by atoms with Crippen molar-refractivity contribution >= 4 is 21.6 Å². The number of aliphatic hydroxyl groups is 1. The lowest BCUT2D eigenvalue weighted by molar-refractivity contribution is -0.674. The fourth-order valence-corrected chi connectivity index (χ4v) is 2.83. The molecule has 4 heteroatoms. The van der Waals surface area contributed by atoms with Gasteiger partial charge in [-0.1, -0.05) is 17.4 Å². The SMILES string of the molecule is Cc1ccc2c(c1)sc(C)[n+]2CCO.[Br-]. The van der Waals surface area contributed by atoms with Crippen molar-refractivity contribution in [2.75, 3.05) is 6.61 Å². The van der Waals surface area contributed by atoms with Crippen LogP contribution in [0.15, 0.2) is 18.2 Å². The summed E-state index contributed by atoms with van der Waals surface area (Å²) in [7, 11) is 0. The highest BCUT2D eigenvalue weighted by molar-refractivity contribution is 7.18. The molecular formula is C11H14BrNOS. The van der Waals surface area contributed by atoms with Crippen LogP contribution in [0, 0.1) is 13.8 Å². The zero-order valence-corrected chi connectivity index (χ0v) is 11.2. The van der Waals surface area contributed by atoms with E-state index in [4.69, 9.17) is 5.11 Å². The first-order valence-electron chi connectivity index (χ1n) is 4.73. The molecule has 0 radical (unpaired) electrons. The maximum Gasteiger partial charge on any atom is 0.235 e. The Hall–Kier alpha value is -0.450. The fourth-order valence-electron chi connectivity index (χ4n) is 1.69. The van der Waals surface area contributed by atoms with Gasteiger partial charge in [0.1, 0.15) is 11.3 Å². The van der Waals surface area contributed by atoms with E-state index in [0.717, 1.165) is 0 Å². The van der Waals surface area contributed by atoms with Gasteiger partial charge in [-0.2, -0.15) is 4.57 Å². The molecule has 0 bridgehead atoms. The molecule has 0 amide bonds. The van der Waals surface area contributed by atoms with Crippen molar-refractivity contribution in [1.82, 2.24) is 0 Å². The average Bonchev–Trinajstić information content (AvgIpc) is 2.43. The number of hydrogen-bond acceptors (Lipinski definition) is 2. The van der Waals surface area contributed by atoms with Crippen molar-refractivity contribution in [3.63, 3.8) is 0 Å². The summed E-state index contributed by atoms with van der Waals surface area (Å²) in [5.41, 5.74) is 2.52. The molecule has 0 aliphatic rings. The van der Waals surface area contributed by atoms with Crippen molar-refractivity contribution in [3.05, 3.63) is 28.8 Å². The van der Waals surface area contributed by atoms with Gasteiger partial charge in [-0.05, 0) is 18.6 Å². The third-order valence-electron chi connectivity index (χ3n) is 2.37. The Kier molecular flexibility index (Phi) is 4.25. The predicted molar refractivity (Wildman–Crippen MR) is 58.6 cm³/mol. The lowest BCUT2D eigenvalue weighted by Gasteiger charge is -1.93. The van der Waals surface area contributed by atoms with Crippen LogP contribution in [0.4, 0.5) is 0 Å². The molecule has 1 aromatic heterocycles. The predicted octanol–water partition coefficient (Wildman–Crippen LogP) is -1.20. The van der Waals surface area contributed by atoms with Crippen molar-refractivity contribution < 1.29 is 26.7 Å². The third kappa shape index (κ3) is 2.38. The first kappa shape index (κ1) is 12.6. The molecule has 2 aromatic rings. The van der Waals surface area contributed by atoms with E-state index < -0.39 is 0 Å². The van der Waals surface area contributed by atoms with E-state index in [1.807, 2.05) is 0 Å². The molecule has 2 nitrogen and oxygen atoms in total. The quantitative estimate of drug-likeness (QED) is 0.690. The van der Waals surface area contributed by atoms with Gasteiger partial charge in [0.15, 0.2) is 6.54 Å². The van der Waals surface area contributed by atoms with Gasteiger partial charge in [0.2, 0.25) is 10.5 Å². The summed E-state index contributed by atoms with van der Waals surface area (Å²) in [4.78, 5) is 0. The van der Waals surface area contributed by atoms with Gasteiger partial charge < -0.3 is 22.1 Å². The van der Waals surface area contributed by atoms with Crippen LogP contribution in [0.25, 0.3) is 10.2 Å². The Morgan fingerprint density at radius 3 is 2.73 bits per heavy atom. The summed E-state index contributed by atoms with van der Waals surface area (Å²) in [6, 6.07) is 6.44. The second kappa shape index (κ2) is 5.05. The zero-order valence-electron chi connectivity index (χ0n) is 8.83. The molecule has 0 saturated carbocycles. The lowest BCUT2D eigenvalue weighted by atomic mass is 10.2.